The first kappa shape index (κ1) is 29.4. The second-order valence-electron chi connectivity index (χ2n) is 12.2. The van der Waals surface area contributed by atoms with Crippen LogP contribution in [-0.4, -0.2) is 79.1 Å². The van der Waals surface area contributed by atoms with Crippen molar-refractivity contribution in [3.8, 4) is 10.4 Å². The molecule has 3 aromatic rings. The quantitative estimate of drug-likeness (QED) is 0.391. The summed E-state index contributed by atoms with van der Waals surface area (Å²) < 4.78 is 35.1. The Balaban J connectivity index is 1.18. The third-order valence-electron chi connectivity index (χ3n) is 9.45. The highest BCUT2D eigenvalue weighted by atomic mass is 32.2. The fraction of sp³-hybridized carbons (Fsp3) is 0.469. The first-order chi connectivity index (χ1) is 21.3. The molecule has 2 aromatic heterocycles. The van der Waals surface area contributed by atoms with Gasteiger partial charge in [0.15, 0.2) is 0 Å². The number of hydrogen-bond acceptors (Lipinski definition) is 8. The van der Waals surface area contributed by atoms with Crippen molar-refractivity contribution >= 4 is 44.7 Å². The van der Waals surface area contributed by atoms with E-state index in [1.54, 1.807) is 23.1 Å². The summed E-state index contributed by atoms with van der Waals surface area (Å²) in [5, 5.41) is 10.2. The Kier molecular flexibility index (Phi) is 7.94. The van der Waals surface area contributed by atoms with Gasteiger partial charge < -0.3 is 19.6 Å². The van der Waals surface area contributed by atoms with Gasteiger partial charge in [0.1, 0.15) is 15.6 Å². The summed E-state index contributed by atoms with van der Waals surface area (Å²) in [4.78, 5) is 35.6. The number of ether oxygens (including phenoxy) is 1. The van der Waals surface area contributed by atoms with E-state index in [4.69, 9.17) is 4.74 Å². The fourth-order valence-electron chi connectivity index (χ4n) is 7.26. The number of carboxylic acids is 1. The number of aromatic carboxylic acids is 1. The normalized spacial score (nSPS) is 25.0. The number of fused-ring (bicyclic) bond motifs is 2. The molecule has 232 valence electrons. The molecule has 3 atom stereocenters. The fourth-order valence-corrected chi connectivity index (χ4v) is 9.61. The topological polar surface area (TPSA) is 120 Å². The summed E-state index contributed by atoms with van der Waals surface area (Å²) in [5.41, 5.74) is 1.22. The molecular formula is C32H36N4O6S2. The first-order valence-corrected chi connectivity index (χ1v) is 17.6. The van der Waals surface area contributed by atoms with E-state index in [1.807, 2.05) is 30.3 Å². The van der Waals surface area contributed by atoms with Crippen LogP contribution in [0.4, 0.5) is 11.5 Å². The number of thiophene rings is 1. The Morgan fingerprint density at radius 1 is 0.955 bits per heavy atom. The molecular weight excluding hydrogens is 601 g/mol. The van der Waals surface area contributed by atoms with Crippen LogP contribution >= 0.6 is 11.3 Å². The molecule has 5 heterocycles. The lowest BCUT2D eigenvalue weighted by Gasteiger charge is -2.44. The van der Waals surface area contributed by atoms with Crippen LogP contribution in [0.3, 0.4) is 0 Å². The molecule has 1 aromatic carbocycles. The molecule has 3 unspecified atom stereocenters. The third-order valence-corrected chi connectivity index (χ3v) is 12.4. The number of pyridine rings is 1. The van der Waals surface area contributed by atoms with Gasteiger partial charge in [0.25, 0.3) is 0 Å². The molecule has 0 radical (unpaired) electrons. The minimum Gasteiger partial charge on any atom is -0.477 e. The predicted molar refractivity (Wildman–Crippen MR) is 168 cm³/mol. The van der Waals surface area contributed by atoms with Crippen LogP contribution in [-0.2, 0) is 19.6 Å². The molecule has 3 saturated heterocycles. The molecule has 4 fully saturated rings. The van der Waals surface area contributed by atoms with E-state index in [0.29, 0.717) is 5.69 Å². The van der Waals surface area contributed by atoms with Crippen LogP contribution in [0.1, 0.15) is 54.6 Å². The van der Waals surface area contributed by atoms with Gasteiger partial charge in [-0.05, 0) is 55.4 Å². The van der Waals surface area contributed by atoms with Gasteiger partial charge >= 0.3 is 5.97 Å². The summed E-state index contributed by atoms with van der Waals surface area (Å²) in [5.74, 6) is -0.733. The lowest BCUT2D eigenvalue weighted by atomic mass is 9.82. The molecule has 44 heavy (non-hydrogen) atoms. The number of carboxylic acid groups (broad SMARTS) is 1. The molecule has 1 saturated carbocycles. The van der Waals surface area contributed by atoms with E-state index < -0.39 is 27.9 Å². The summed E-state index contributed by atoms with van der Waals surface area (Å²) in [6.07, 6.45) is 8.63. The lowest BCUT2D eigenvalue weighted by molar-refractivity contribution is -0.121. The minimum absolute atomic E-state index is 0.0502. The molecule has 4 aliphatic rings. The highest BCUT2D eigenvalue weighted by Gasteiger charge is 2.44. The first-order valence-electron chi connectivity index (χ1n) is 15.4. The number of rotatable bonds is 7. The maximum atomic E-state index is 14.0. The number of aromatic nitrogens is 1. The van der Waals surface area contributed by atoms with E-state index in [1.165, 1.54) is 10.5 Å². The van der Waals surface area contributed by atoms with Crippen LogP contribution in [0.15, 0.2) is 59.6 Å². The van der Waals surface area contributed by atoms with Gasteiger partial charge in [-0.2, -0.15) is 4.31 Å². The number of carbonyl (C=O) groups excluding carboxylic acids is 1. The lowest BCUT2D eigenvalue weighted by Crippen LogP contribution is -2.60. The van der Waals surface area contributed by atoms with E-state index >= 15 is 0 Å². The second kappa shape index (κ2) is 11.9. The van der Waals surface area contributed by atoms with E-state index in [2.05, 4.69) is 9.88 Å². The number of piperazine rings is 1. The van der Waals surface area contributed by atoms with Crippen molar-refractivity contribution < 1.29 is 27.9 Å². The van der Waals surface area contributed by atoms with Gasteiger partial charge in [-0.15, -0.1) is 11.3 Å². The predicted octanol–water partition coefficient (Wildman–Crippen LogP) is 4.86. The van der Waals surface area contributed by atoms with Crippen LogP contribution in [0.2, 0.25) is 0 Å². The van der Waals surface area contributed by atoms with Gasteiger partial charge in [0.05, 0.1) is 30.5 Å². The van der Waals surface area contributed by atoms with Gasteiger partial charge in [-0.1, -0.05) is 49.6 Å². The van der Waals surface area contributed by atoms with E-state index in [9.17, 15) is 23.1 Å². The Morgan fingerprint density at radius 3 is 2.34 bits per heavy atom. The smallest absolute Gasteiger partial charge is 0.348 e. The van der Waals surface area contributed by atoms with Crippen LogP contribution in [0.25, 0.3) is 10.4 Å². The third kappa shape index (κ3) is 5.53. The molecule has 10 nitrogen and oxygen atoms in total. The van der Waals surface area contributed by atoms with Crippen molar-refractivity contribution in [3.05, 3.63) is 59.6 Å². The number of amides is 1. The zero-order valence-electron chi connectivity index (χ0n) is 24.4. The maximum Gasteiger partial charge on any atom is 0.348 e. The monoisotopic (exact) mass is 636 g/mol. The molecule has 2 bridgehead atoms. The van der Waals surface area contributed by atoms with Gasteiger partial charge in [-0.25, -0.2) is 18.2 Å². The Hall–Kier alpha value is -3.32. The van der Waals surface area contributed by atoms with Crippen molar-refractivity contribution in [3.63, 3.8) is 0 Å². The van der Waals surface area contributed by atoms with Crippen molar-refractivity contribution in [2.45, 2.75) is 68.1 Å². The number of anilines is 2. The Bertz CT molecular complexity index is 1630. The zero-order valence-corrected chi connectivity index (χ0v) is 26.0. The highest BCUT2D eigenvalue weighted by Crippen LogP contribution is 2.42. The van der Waals surface area contributed by atoms with Gasteiger partial charge in [-0.3, -0.25) is 4.79 Å². The summed E-state index contributed by atoms with van der Waals surface area (Å²) in [7, 11) is -4.03. The molecule has 7 rings (SSSR count). The molecule has 1 N–H and O–H groups in total. The molecule has 1 aliphatic carbocycles. The maximum absolute atomic E-state index is 14.0. The second-order valence-corrected chi connectivity index (χ2v) is 15.2. The Labute approximate surface area is 261 Å². The minimum atomic E-state index is -4.03. The number of hydrogen-bond donors (Lipinski definition) is 1. The van der Waals surface area contributed by atoms with E-state index in [-0.39, 0.29) is 41.0 Å². The largest absolute Gasteiger partial charge is 0.477 e. The average Bonchev–Trinajstić information content (AvgIpc) is 3.64. The van der Waals surface area contributed by atoms with Crippen molar-refractivity contribution in [2.75, 3.05) is 36.0 Å². The Morgan fingerprint density at radius 2 is 1.68 bits per heavy atom. The van der Waals surface area contributed by atoms with Crippen LogP contribution < -0.4 is 9.80 Å². The number of nitrogens with zero attached hydrogens (tertiary/aromatic N) is 4. The molecule has 12 heteroatoms. The number of sulfonamides is 1. The van der Waals surface area contributed by atoms with E-state index in [0.717, 1.165) is 85.6 Å². The SMILES string of the molecule is O=C(O)c1sc(-c2ccccc2)cc1N1C(=O)CN(S(=O)(=O)c2ccc(N3CC4CCC(C3)O4)nc2)CC1C1CCCCC1. The van der Waals surface area contributed by atoms with Crippen LogP contribution in [0.5, 0.6) is 0 Å². The average molecular weight is 637 g/mol. The summed E-state index contributed by atoms with van der Waals surface area (Å²) in [6.45, 7) is 1.21. The number of benzene rings is 1. The van der Waals surface area contributed by atoms with Gasteiger partial charge in [0.2, 0.25) is 15.9 Å². The van der Waals surface area contributed by atoms with Crippen LogP contribution in [0, 0.1) is 5.92 Å². The molecule has 1 amide bonds. The zero-order chi connectivity index (χ0) is 30.4. The van der Waals surface area contributed by atoms with Crippen molar-refractivity contribution in [2.24, 2.45) is 5.92 Å². The number of carbonyl (C=O) groups is 2. The van der Waals surface area contributed by atoms with Crippen molar-refractivity contribution in [1.29, 1.82) is 0 Å². The summed E-state index contributed by atoms with van der Waals surface area (Å²) >= 11 is 1.14. The summed E-state index contributed by atoms with van der Waals surface area (Å²) in [6, 6.07) is 14.1. The number of morpholine rings is 1. The standard InChI is InChI=1S/C32H36N4O6S2/c37-30-20-35(44(40,41)25-13-14-29(33-16-25)34-17-23-11-12-24(18-34)42-23)19-27(21-7-3-1-4-8-21)36(30)26-15-28(43-31(26)32(38)39)22-9-5-2-6-10-22/h2,5-6,9-10,13-16,21,23-24,27H,1,3-4,7-8,11-12,17-20H2,(H,38,39). The highest BCUT2D eigenvalue weighted by molar-refractivity contribution is 7.89. The molecule has 0 spiro atoms. The van der Waals surface area contributed by atoms with Gasteiger partial charge in [0, 0.05) is 30.7 Å². The molecule has 3 aliphatic heterocycles. The van der Waals surface area contributed by atoms with Crippen molar-refractivity contribution in [1.82, 2.24) is 9.29 Å².